The van der Waals surface area contributed by atoms with Crippen LogP contribution in [0.4, 0.5) is 0 Å². The third-order valence-corrected chi connectivity index (χ3v) is 14.7. The summed E-state index contributed by atoms with van der Waals surface area (Å²) in [5, 5.41) is 10.2. The zero-order chi connectivity index (χ0) is 49.8. The number of imide groups is 1. The Morgan fingerprint density at radius 3 is 0.701 bits per heavy atom. The second kappa shape index (κ2) is 53.0. The molecule has 1 atom stereocenters. The number of carbonyl (C=O) groups is 2. The Kier molecular flexibility index (Phi) is 54.1. The van der Waals surface area contributed by atoms with Crippen LogP contribution in [0.1, 0.15) is 343 Å². The molecule has 0 saturated carbocycles. The van der Waals surface area contributed by atoms with E-state index in [0.29, 0.717) is 19.4 Å². The van der Waals surface area contributed by atoms with Gasteiger partial charge in [-0.2, -0.15) is 4.48 Å². The third-order valence-electron chi connectivity index (χ3n) is 14.7. The normalized spacial score (nSPS) is 12.4. The Morgan fingerprint density at radius 2 is 0.522 bits per heavy atom. The second-order valence-electron chi connectivity index (χ2n) is 22.8. The fourth-order valence-electron chi connectivity index (χ4n) is 10.1. The molecular weight excluding hydrogens is 821 g/mol. The minimum Gasteiger partial charge on any atom is -0.388 e. The van der Waals surface area contributed by atoms with Gasteiger partial charge in [0.25, 0.3) is 0 Å². The molecule has 0 bridgehead atoms. The first-order valence-electron chi connectivity index (χ1n) is 30.9. The maximum atomic E-state index is 13.3. The number of unbranched alkanes of at least 4 members (excludes halogenated alkanes) is 43. The summed E-state index contributed by atoms with van der Waals surface area (Å²) in [5.41, 5.74) is 0. The van der Waals surface area contributed by atoms with E-state index in [0.717, 1.165) is 30.2 Å². The standard InChI is InChI=1S/C37H74NO3.C25H54N/c1-5-8-10-12-14-16-18-20-22-24-26-28-30-32-36(40)38(7-3,34-35(4)39)37(41)33-31-29-27-25-23-21-19-17-15-13-11-9-6-2;1-5-6-7-8-9-10-11-12-13-14-15-16-17-18-19-20-21-22-23-24-25-26(2,3)4/h35,39H,5-34H2,1-4H3;5-25H2,1-4H3/q2*+1. The number of aliphatic hydroxyl groups excluding tert-OH is 1. The van der Waals surface area contributed by atoms with E-state index < -0.39 is 6.10 Å². The van der Waals surface area contributed by atoms with Gasteiger partial charge in [0.1, 0.15) is 12.6 Å². The summed E-state index contributed by atoms with van der Waals surface area (Å²) < 4.78 is 0.966. The van der Waals surface area contributed by atoms with Crippen molar-refractivity contribution in [3.8, 4) is 0 Å². The van der Waals surface area contributed by atoms with E-state index in [4.69, 9.17) is 0 Å². The summed E-state index contributed by atoms with van der Waals surface area (Å²) in [4.78, 5) is 26.7. The van der Waals surface area contributed by atoms with Crippen molar-refractivity contribution in [2.75, 3.05) is 40.8 Å². The fraction of sp³-hybridized carbons (Fsp3) is 0.968. The lowest BCUT2D eigenvalue weighted by Gasteiger charge is -2.33. The lowest BCUT2D eigenvalue weighted by atomic mass is 10.0. The smallest absolute Gasteiger partial charge is 0.321 e. The fourth-order valence-corrected chi connectivity index (χ4v) is 10.1. The second-order valence-corrected chi connectivity index (χ2v) is 22.8. The van der Waals surface area contributed by atoms with Crippen molar-refractivity contribution < 1.29 is 23.7 Å². The first-order chi connectivity index (χ1) is 32.5. The van der Waals surface area contributed by atoms with Crippen LogP contribution in [-0.4, -0.2) is 72.8 Å². The summed E-state index contributed by atoms with van der Waals surface area (Å²) in [6.07, 6.45) is 62.9. The minimum absolute atomic E-state index is 0.0242. The molecule has 0 rings (SSSR count). The van der Waals surface area contributed by atoms with Crippen LogP contribution >= 0.6 is 0 Å². The topological polar surface area (TPSA) is 54.4 Å². The highest BCUT2D eigenvalue weighted by Gasteiger charge is 2.42. The van der Waals surface area contributed by atoms with Gasteiger partial charge in [-0.05, 0) is 39.5 Å². The lowest BCUT2D eigenvalue weighted by molar-refractivity contribution is -0.870. The quantitative estimate of drug-likeness (QED) is 0.0488. The number of hydrogen-bond donors (Lipinski definition) is 1. The number of nitrogens with zero attached hydrogens (tertiary/aromatic N) is 2. The Hall–Kier alpha value is -0.780. The predicted octanol–water partition coefficient (Wildman–Crippen LogP) is 19.7. The van der Waals surface area contributed by atoms with Crippen molar-refractivity contribution in [3.63, 3.8) is 0 Å². The Bertz CT molecular complexity index is 948. The summed E-state index contributed by atoms with van der Waals surface area (Å²) in [6, 6.07) is 0. The molecule has 1 N–H and O–H groups in total. The summed E-state index contributed by atoms with van der Waals surface area (Å²) in [5.74, 6) is 0.0485. The van der Waals surface area contributed by atoms with Crippen LogP contribution in [0.3, 0.4) is 0 Å². The van der Waals surface area contributed by atoms with Gasteiger partial charge in [-0.25, -0.2) is 9.59 Å². The number of rotatable bonds is 52. The summed E-state index contributed by atoms with van der Waals surface area (Å²) in [7, 11) is 6.90. The number of hydrogen-bond acceptors (Lipinski definition) is 3. The van der Waals surface area contributed by atoms with Crippen molar-refractivity contribution in [2.45, 2.75) is 349 Å². The van der Waals surface area contributed by atoms with Gasteiger partial charge >= 0.3 is 11.8 Å². The molecule has 0 radical (unpaired) electrons. The molecule has 0 aromatic rings. The summed E-state index contributed by atoms with van der Waals surface area (Å²) in [6.45, 7) is 12.5. The van der Waals surface area contributed by atoms with Crippen molar-refractivity contribution >= 4 is 11.8 Å². The van der Waals surface area contributed by atoms with Crippen LogP contribution in [0.5, 0.6) is 0 Å². The van der Waals surface area contributed by atoms with Gasteiger partial charge in [-0.15, -0.1) is 0 Å². The van der Waals surface area contributed by atoms with E-state index in [9.17, 15) is 14.7 Å². The van der Waals surface area contributed by atoms with E-state index >= 15 is 0 Å². The largest absolute Gasteiger partial charge is 0.388 e. The molecule has 2 amide bonds. The van der Waals surface area contributed by atoms with E-state index in [-0.39, 0.29) is 22.8 Å². The molecule has 0 aliphatic heterocycles. The molecule has 0 aliphatic carbocycles. The number of aliphatic hydroxyl groups is 1. The highest BCUT2D eigenvalue weighted by atomic mass is 16.3. The SMILES string of the molecule is CCCCCCCCCCCCCCCC(=O)[N+](CC)(CC(C)O)C(=O)CCCCCCCCCCCCCCC.CCCCCCCCCCCCCCCCCCCCCC[N+](C)(C)C. The van der Waals surface area contributed by atoms with E-state index in [1.807, 2.05) is 6.92 Å². The van der Waals surface area contributed by atoms with Crippen LogP contribution in [0.25, 0.3) is 0 Å². The molecule has 5 heteroatoms. The van der Waals surface area contributed by atoms with Gasteiger partial charge in [-0.1, -0.05) is 290 Å². The first-order valence-corrected chi connectivity index (χ1v) is 30.9. The number of carbonyl (C=O) groups excluding carboxylic acids is 2. The van der Waals surface area contributed by atoms with Crippen LogP contribution < -0.4 is 0 Å². The minimum atomic E-state index is -0.652. The molecule has 0 fully saturated rings. The molecule has 0 aliphatic rings. The average molecular weight is 950 g/mol. The molecule has 0 heterocycles. The van der Waals surface area contributed by atoms with Gasteiger partial charge in [0.05, 0.1) is 47.1 Å². The number of amides is 2. The molecule has 0 spiro atoms. The molecule has 0 aromatic carbocycles. The highest BCUT2D eigenvalue weighted by Crippen LogP contribution is 2.21. The molecule has 402 valence electrons. The van der Waals surface area contributed by atoms with Gasteiger partial charge in [0.15, 0.2) is 0 Å². The Morgan fingerprint density at radius 1 is 0.328 bits per heavy atom. The van der Waals surface area contributed by atoms with Crippen molar-refractivity contribution in [1.29, 1.82) is 0 Å². The third kappa shape index (κ3) is 50.0. The molecular formula is C62H128N2O3+2. The number of quaternary nitrogens is 2. The van der Waals surface area contributed by atoms with Crippen LogP contribution in [-0.2, 0) is 9.59 Å². The monoisotopic (exact) mass is 949 g/mol. The van der Waals surface area contributed by atoms with Crippen LogP contribution in [0, 0.1) is 0 Å². The van der Waals surface area contributed by atoms with Crippen molar-refractivity contribution in [2.24, 2.45) is 0 Å². The summed E-state index contributed by atoms with van der Waals surface area (Å²) >= 11 is 0. The molecule has 1 unspecified atom stereocenters. The molecule has 67 heavy (non-hydrogen) atoms. The van der Waals surface area contributed by atoms with E-state index in [2.05, 4.69) is 41.9 Å². The average Bonchev–Trinajstić information content (AvgIpc) is 3.30. The Labute approximate surface area is 423 Å². The van der Waals surface area contributed by atoms with Gasteiger partial charge in [0.2, 0.25) is 0 Å². The zero-order valence-electron chi connectivity index (χ0n) is 47.8. The van der Waals surface area contributed by atoms with E-state index in [1.54, 1.807) is 6.92 Å². The maximum Gasteiger partial charge on any atom is 0.321 e. The van der Waals surface area contributed by atoms with Gasteiger partial charge in [0, 0.05) is 0 Å². The van der Waals surface area contributed by atoms with Gasteiger partial charge in [-0.3, -0.25) is 0 Å². The maximum absolute atomic E-state index is 13.3. The van der Waals surface area contributed by atoms with Crippen LogP contribution in [0.15, 0.2) is 0 Å². The first kappa shape index (κ1) is 68.3. The molecule has 5 nitrogen and oxygen atoms in total. The zero-order valence-corrected chi connectivity index (χ0v) is 47.8. The van der Waals surface area contributed by atoms with Gasteiger partial charge < -0.3 is 9.59 Å². The predicted molar refractivity (Wildman–Crippen MR) is 299 cm³/mol. The van der Waals surface area contributed by atoms with Crippen LogP contribution in [0.2, 0.25) is 0 Å². The molecule has 0 saturated heterocycles. The lowest BCUT2D eigenvalue weighted by Crippen LogP contribution is -2.59. The van der Waals surface area contributed by atoms with E-state index in [1.165, 1.54) is 276 Å². The Balaban J connectivity index is 0. The highest BCUT2D eigenvalue weighted by molar-refractivity contribution is 5.84. The number of likely N-dealkylation sites (N-methyl/N-ethyl adjacent to an activating group) is 1. The van der Waals surface area contributed by atoms with Crippen molar-refractivity contribution in [3.05, 3.63) is 0 Å². The molecule has 0 aromatic heterocycles. The van der Waals surface area contributed by atoms with Crippen molar-refractivity contribution in [1.82, 2.24) is 0 Å².